The lowest BCUT2D eigenvalue weighted by atomic mass is 10.1. The molecule has 6 heteroatoms. The zero-order chi connectivity index (χ0) is 14.9. The van der Waals surface area contributed by atoms with Crippen molar-refractivity contribution < 1.29 is 9.47 Å². The molecule has 1 heterocycles. The molecule has 1 aromatic rings. The SMILES string of the molecule is CN=C(NCc1cccc(COC)c1)NCC1CCCO1.I. The number of nitrogens with one attached hydrogen (secondary N) is 2. The number of halogens is 1. The molecule has 1 aliphatic heterocycles. The average molecular weight is 419 g/mol. The number of guanidine groups is 1. The Balaban J connectivity index is 0.00000242. The summed E-state index contributed by atoms with van der Waals surface area (Å²) < 4.78 is 10.7. The number of methoxy groups -OCH3 is 1. The van der Waals surface area contributed by atoms with Gasteiger partial charge in [0.05, 0.1) is 12.7 Å². The molecule has 0 aromatic heterocycles. The lowest BCUT2D eigenvalue weighted by molar-refractivity contribution is 0.114. The van der Waals surface area contributed by atoms with Gasteiger partial charge in [0.1, 0.15) is 0 Å². The summed E-state index contributed by atoms with van der Waals surface area (Å²) in [6.45, 7) is 3.07. The number of nitrogens with zero attached hydrogens (tertiary/aromatic N) is 1. The third-order valence-corrected chi connectivity index (χ3v) is 3.51. The first-order valence-electron chi connectivity index (χ1n) is 7.44. The van der Waals surface area contributed by atoms with Gasteiger partial charge in [-0.1, -0.05) is 24.3 Å². The lowest BCUT2D eigenvalue weighted by Gasteiger charge is -2.15. The number of hydrogen-bond donors (Lipinski definition) is 2. The molecule has 0 spiro atoms. The van der Waals surface area contributed by atoms with Crippen LogP contribution in [0.4, 0.5) is 0 Å². The molecule has 1 saturated heterocycles. The Morgan fingerprint density at radius 2 is 2.18 bits per heavy atom. The fourth-order valence-corrected chi connectivity index (χ4v) is 2.42. The van der Waals surface area contributed by atoms with Crippen LogP contribution in [0.15, 0.2) is 29.3 Å². The zero-order valence-corrected chi connectivity index (χ0v) is 15.6. The van der Waals surface area contributed by atoms with Crippen molar-refractivity contribution in [3.05, 3.63) is 35.4 Å². The van der Waals surface area contributed by atoms with Crippen LogP contribution in [0.2, 0.25) is 0 Å². The molecule has 22 heavy (non-hydrogen) atoms. The van der Waals surface area contributed by atoms with E-state index in [9.17, 15) is 0 Å². The van der Waals surface area contributed by atoms with Gasteiger partial charge in [-0.05, 0) is 24.0 Å². The van der Waals surface area contributed by atoms with Gasteiger partial charge in [-0.15, -0.1) is 24.0 Å². The summed E-state index contributed by atoms with van der Waals surface area (Å²) in [5.41, 5.74) is 2.39. The fraction of sp³-hybridized carbons (Fsp3) is 0.562. The molecule has 2 N–H and O–H groups in total. The highest BCUT2D eigenvalue weighted by molar-refractivity contribution is 14.0. The van der Waals surface area contributed by atoms with Crippen molar-refractivity contribution in [2.24, 2.45) is 4.99 Å². The van der Waals surface area contributed by atoms with E-state index in [1.807, 2.05) is 6.07 Å². The molecule has 0 aliphatic carbocycles. The van der Waals surface area contributed by atoms with Crippen LogP contribution in [0.25, 0.3) is 0 Å². The van der Waals surface area contributed by atoms with Crippen molar-refractivity contribution in [2.45, 2.75) is 32.1 Å². The van der Waals surface area contributed by atoms with Crippen LogP contribution in [0.1, 0.15) is 24.0 Å². The highest BCUT2D eigenvalue weighted by atomic mass is 127. The minimum atomic E-state index is 0. The average Bonchev–Trinajstić information content (AvgIpc) is 3.01. The van der Waals surface area contributed by atoms with E-state index >= 15 is 0 Å². The molecule has 1 unspecified atom stereocenters. The molecule has 124 valence electrons. The molecule has 0 amide bonds. The third-order valence-electron chi connectivity index (χ3n) is 3.51. The number of ether oxygens (including phenoxy) is 2. The van der Waals surface area contributed by atoms with Gasteiger partial charge in [-0.3, -0.25) is 4.99 Å². The van der Waals surface area contributed by atoms with E-state index in [-0.39, 0.29) is 24.0 Å². The van der Waals surface area contributed by atoms with Crippen LogP contribution in [-0.4, -0.2) is 39.4 Å². The molecular formula is C16H26IN3O2. The van der Waals surface area contributed by atoms with Crippen LogP contribution in [0.5, 0.6) is 0 Å². The highest BCUT2D eigenvalue weighted by Gasteiger charge is 2.15. The lowest BCUT2D eigenvalue weighted by Crippen LogP contribution is -2.40. The molecule has 0 radical (unpaired) electrons. The summed E-state index contributed by atoms with van der Waals surface area (Å²) in [7, 11) is 3.49. The van der Waals surface area contributed by atoms with Crippen LogP contribution >= 0.6 is 24.0 Å². The topological polar surface area (TPSA) is 54.9 Å². The summed E-state index contributed by atoms with van der Waals surface area (Å²) in [5, 5.41) is 6.63. The Hall–Kier alpha value is -0.860. The zero-order valence-electron chi connectivity index (χ0n) is 13.3. The van der Waals surface area contributed by atoms with Crippen molar-refractivity contribution in [2.75, 3.05) is 27.3 Å². The van der Waals surface area contributed by atoms with Crippen LogP contribution in [0.3, 0.4) is 0 Å². The van der Waals surface area contributed by atoms with Gasteiger partial charge >= 0.3 is 0 Å². The predicted octanol–water partition coefficient (Wildman–Crippen LogP) is 2.30. The number of hydrogen-bond acceptors (Lipinski definition) is 3. The van der Waals surface area contributed by atoms with E-state index in [0.29, 0.717) is 12.7 Å². The van der Waals surface area contributed by atoms with Crippen molar-refractivity contribution in [1.29, 1.82) is 0 Å². The summed E-state index contributed by atoms with van der Waals surface area (Å²) in [6.07, 6.45) is 2.60. The molecule has 1 aliphatic rings. The summed E-state index contributed by atoms with van der Waals surface area (Å²) in [5.74, 6) is 0.808. The van der Waals surface area contributed by atoms with Crippen LogP contribution < -0.4 is 10.6 Å². The van der Waals surface area contributed by atoms with Crippen molar-refractivity contribution >= 4 is 29.9 Å². The summed E-state index contributed by atoms with van der Waals surface area (Å²) in [6, 6.07) is 8.36. The quantitative estimate of drug-likeness (QED) is 0.422. The maximum absolute atomic E-state index is 5.59. The first-order valence-corrected chi connectivity index (χ1v) is 7.44. The first-order chi connectivity index (χ1) is 10.3. The van der Waals surface area contributed by atoms with E-state index in [1.165, 1.54) is 11.1 Å². The smallest absolute Gasteiger partial charge is 0.191 e. The molecule has 1 atom stereocenters. The third kappa shape index (κ3) is 6.50. The van der Waals surface area contributed by atoms with Gasteiger partial charge in [-0.25, -0.2) is 0 Å². The summed E-state index contributed by atoms with van der Waals surface area (Å²) in [4.78, 5) is 4.24. The monoisotopic (exact) mass is 419 g/mol. The first kappa shape index (κ1) is 19.2. The van der Waals surface area contributed by atoms with Crippen molar-refractivity contribution in [3.8, 4) is 0 Å². The Morgan fingerprint density at radius 1 is 1.36 bits per heavy atom. The van der Waals surface area contributed by atoms with Gasteiger partial charge in [0.15, 0.2) is 5.96 Å². The van der Waals surface area contributed by atoms with Crippen LogP contribution in [0, 0.1) is 0 Å². The fourth-order valence-electron chi connectivity index (χ4n) is 2.42. The van der Waals surface area contributed by atoms with E-state index in [2.05, 4.69) is 33.8 Å². The molecule has 5 nitrogen and oxygen atoms in total. The van der Waals surface area contributed by atoms with E-state index in [0.717, 1.165) is 38.5 Å². The maximum atomic E-state index is 5.59. The molecule has 0 saturated carbocycles. The van der Waals surface area contributed by atoms with Crippen LogP contribution in [-0.2, 0) is 22.6 Å². The Bertz CT molecular complexity index is 462. The minimum absolute atomic E-state index is 0. The standard InChI is InChI=1S/C16H25N3O2.HI/c1-17-16(19-11-15-7-4-8-21-15)18-10-13-5-3-6-14(9-13)12-20-2;/h3,5-6,9,15H,4,7-8,10-12H2,1-2H3,(H2,17,18,19);1H. The van der Waals surface area contributed by atoms with Crippen molar-refractivity contribution in [3.63, 3.8) is 0 Å². The Morgan fingerprint density at radius 3 is 2.86 bits per heavy atom. The number of aliphatic imine (C=N–C) groups is 1. The van der Waals surface area contributed by atoms with E-state index in [4.69, 9.17) is 9.47 Å². The molecule has 2 rings (SSSR count). The summed E-state index contributed by atoms with van der Waals surface area (Å²) >= 11 is 0. The van der Waals surface area contributed by atoms with Gasteiger partial charge in [-0.2, -0.15) is 0 Å². The van der Waals surface area contributed by atoms with E-state index < -0.39 is 0 Å². The largest absolute Gasteiger partial charge is 0.380 e. The maximum Gasteiger partial charge on any atom is 0.191 e. The molecular weight excluding hydrogens is 393 g/mol. The van der Waals surface area contributed by atoms with Gasteiger partial charge in [0.25, 0.3) is 0 Å². The number of rotatable bonds is 6. The van der Waals surface area contributed by atoms with E-state index in [1.54, 1.807) is 14.2 Å². The highest BCUT2D eigenvalue weighted by Crippen LogP contribution is 2.10. The predicted molar refractivity (Wildman–Crippen MR) is 99.7 cm³/mol. The number of benzene rings is 1. The molecule has 1 fully saturated rings. The second-order valence-corrected chi connectivity index (χ2v) is 5.19. The normalized spacial score (nSPS) is 17.9. The second-order valence-electron chi connectivity index (χ2n) is 5.19. The van der Waals surface area contributed by atoms with Gasteiger partial charge in [0.2, 0.25) is 0 Å². The molecule has 0 bridgehead atoms. The van der Waals surface area contributed by atoms with Gasteiger partial charge < -0.3 is 20.1 Å². The molecule has 1 aromatic carbocycles. The van der Waals surface area contributed by atoms with Crippen molar-refractivity contribution in [1.82, 2.24) is 10.6 Å². The Labute approximate surface area is 149 Å². The minimum Gasteiger partial charge on any atom is -0.380 e. The Kier molecular flexibility index (Phi) is 9.42. The van der Waals surface area contributed by atoms with Gasteiger partial charge in [0, 0.05) is 33.9 Å². The second kappa shape index (κ2) is 10.8.